The standard InChI is InChI=1S/C22H24N4O2/c1-15-6-7-20(24-13-15)25-22(28)16-8-10-26(11-9-16)21(27)12-17-14-23-19-5-3-2-4-18(17)19/h2-7,13-14,16,23H,8-12H2,1H3,(H,24,25,28). The normalized spacial score (nSPS) is 15.0. The molecule has 2 N–H and O–H groups in total. The molecule has 28 heavy (non-hydrogen) atoms. The Hall–Kier alpha value is -3.15. The second-order valence-corrected chi connectivity index (χ2v) is 7.40. The number of pyridine rings is 1. The van der Waals surface area contributed by atoms with E-state index in [4.69, 9.17) is 0 Å². The molecule has 0 radical (unpaired) electrons. The fourth-order valence-corrected chi connectivity index (χ4v) is 3.71. The van der Waals surface area contributed by atoms with Crippen LogP contribution in [-0.2, 0) is 16.0 Å². The van der Waals surface area contributed by atoms with Crippen molar-refractivity contribution in [1.82, 2.24) is 14.9 Å². The number of para-hydroxylation sites is 1. The van der Waals surface area contributed by atoms with Gasteiger partial charge in [0, 0.05) is 42.3 Å². The van der Waals surface area contributed by atoms with Gasteiger partial charge in [0.05, 0.1) is 6.42 Å². The molecule has 1 fully saturated rings. The van der Waals surface area contributed by atoms with Crippen LogP contribution in [0, 0.1) is 12.8 Å². The van der Waals surface area contributed by atoms with Crippen LogP contribution in [0.1, 0.15) is 24.0 Å². The monoisotopic (exact) mass is 376 g/mol. The number of nitrogens with zero attached hydrogens (tertiary/aromatic N) is 2. The second kappa shape index (κ2) is 7.84. The number of carbonyl (C=O) groups is 2. The van der Waals surface area contributed by atoms with Crippen molar-refractivity contribution >= 4 is 28.5 Å². The van der Waals surface area contributed by atoms with Crippen molar-refractivity contribution in [3.8, 4) is 0 Å². The highest BCUT2D eigenvalue weighted by Gasteiger charge is 2.27. The van der Waals surface area contributed by atoms with Crippen LogP contribution in [0.25, 0.3) is 10.9 Å². The Morgan fingerprint density at radius 1 is 1.18 bits per heavy atom. The SMILES string of the molecule is Cc1ccc(NC(=O)C2CCN(C(=O)Cc3c[nH]c4ccccc34)CC2)nc1. The molecule has 144 valence electrons. The zero-order chi connectivity index (χ0) is 19.5. The number of nitrogens with one attached hydrogen (secondary N) is 2. The van der Waals surface area contributed by atoms with Gasteiger partial charge in [-0.1, -0.05) is 24.3 Å². The molecule has 2 aromatic heterocycles. The second-order valence-electron chi connectivity index (χ2n) is 7.40. The Balaban J connectivity index is 1.31. The van der Waals surface area contributed by atoms with Gasteiger partial charge in [-0.15, -0.1) is 0 Å². The lowest BCUT2D eigenvalue weighted by molar-refractivity contribution is -0.133. The minimum atomic E-state index is -0.0831. The largest absolute Gasteiger partial charge is 0.361 e. The molecule has 0 spiro atoms. The number of hydrogen-bond donors (Lipinski definition) is 2. The Bertz CT molecular complexity index is 985. The molecule has 0 unspecified atom stereocenters. The maximum atomic E-state index is 12.7. The van der Waals surface area contributed by atoms with Crippen molar-refractivity contribution in [3.63, 3.8) is 0 Å². The third kappa shape index (κ3) is 3.91. The van der Waals surface area contributed by atoms with Gasteiger partial charge in [-0.3, -0.25) is 9.59 Å². The van der Waals surface area contributed by atoms with Gasteiger partial charge in [0.2, 0.25) is 11.8 Å². The quantitative estimate of drug-likeness (QED) is 0.733. The summed E-state index contributed by atoms with van der Waals surface area (Å²) in [5.74, 6) is 0.595. The number of amides is 2. The van der Waals surface area contributed by atoms with Gasteiger partial charge >= 0.3 is 0 Å². The summed E-state index contributed by atoms with van der Waals surface area (Å²) in [5.41, 5.74) is 3.12. The molecule has 0 atom stereocenters. The van der Waals surface area contributed by atoms with Crippen molar-refractivity contribution in [3.05, 3.63) is 59.9 Å². The highest BCUT2D eigenvalue weighted by molar-refractivity contribution is 5.92. The molecule has 0 saturated carbocycles. The fourth-order valence-electron chi connectivity index (χ4n) is 3.71. The molecule has 1 aliphatic rings. The number of anilines is 1. The summed E-state index contributed by atoms with van der Waals surface area (Å²) in [4.78, 5) is 34.5. The summed E-state index contributed by atoms with van der Waals surface area (Å²) in [6.07, 6.45) is 5.39. The minimum Gasteiger partial charge on any atom is -0.361 e. The molecule has 6 heteroatoms. The maximum absolute atomic E-state index is 12.7. The average Bonchev–Trinajstić information content (AvgIpc) is 3.13. The highest BCUT2D eigenvalue weighted by Crippen LogP contribution is 2.22. The Morgan fingerprint density at radius 2 is 1.96 bits per heavy atom. The number of benzene rings is 1. The fraction of sp³-hybridized carbons (Fsp3) is 0.318. The molecule has 6 nitrogen and oxygen atoms in total. The van der Waals surface area contributed by atoms with Crippen molar-refractivity contribution in [1.29, 1.82) is 0 Å². The summed E-state index contributed by atoms with van der Waals surface area (Å²) < 4.78 is 0. The van der Waals surface area contributed by atoms with E-state index in [1.54, 1.807) is 6.20 Å². The van der Waals surface area contributed by atoms with Crippen LogP contribution in [0.5, 0.6) is 0 Å². The molecule has 1 saturated heterocycles. The predicted octanol–water partition coefficient (Wildman–Crippen LogP) is 3.29. The third-order valence-corrected chi connectivity index (χ3v) is 5.40. The van der Waals surface area contributed by atoms with Crippen molar-refractivity contribution in [2.45, 2.75) is 26.2 Å². The Kier molecular flexibility index (Phi) is 5.10. The van der Waals surface area contributed by atoms with E-state index in [9.17, 15) is 9.59 Å². The van der Waals surface area contributed by atoms with Crippen LogP contribution in [0.4, 0.5) is 5.82 Å². The number of aryl methyl sites for hydroxylation is 1. The molecule has 2 amide bonds. The summed E-state index contributed by atoms with van der Waals surface area (Å²) in [6.45, 7) is 3.18. The molecule has 1 aromatic carbocycles. The zero-order valence-electron chi connectivity index (χ0n) is 15.9. The van der Waals surface area contributed by atoms with Crippen LogP contribution in [0.15, 0.2) is 48.8 Å². The van der Waals surface area contributed by atoms with E-state index in [1.165, 1.54) is 0 Å². The number of rotatable bonds is 4. The van der Waals surface area contributed by atoms with Gasteiger partial charge < -0.3 is 15.2 Å². The summed E-state index contributed by atoms with van der Waals surface area (Å²) in [6, 6.07) is 11.7. The van der Waals surface area contributed by atoms with Gasteiger partial charge in [0.15, 0.2) is 0 Å². The molecule has 4 rings (SSSR count). The molecule has 3 heterocycles. The van der Waals surface area contributed by atoms with E-state index in [1.807, 2.05) is 54.4 Å². The molecule has 0 bridgehead atoms. The van der Waals surface area contributed by atoms with Crippen LogP contribution in [0.2, 0.25) is 0 Å². The molecule has 0 aliphatic carbocycles. The summed E-state index contributed by atoms with van der Waals surface area (Å²) >= 11 is 0. The first-order valence-corrected chi connectivity index (χ1v) is 9.66. The number of carbonyl (C=O) groups excluding carboxylic acids is 2. The van der Waals surface area contributed by atoms with Gasteiger partial charge in [0.1, 0.15) is 5.82 Å². The predicted molar refractivity (Wildman–Crippen MR) is 109 cm³/mol. The molecule has 1 aliphatic heterocycles. The number of H-pyrrole nitrogens is 1. The van der Waals surface area contributed by atoms with E-state index < -0.39 is 0 Å². The minimum absolute atomic E-state index is 0.0138. The van der Waals surface area contributed by atoms with E-state index in [0.717, 1.165) is 22.0 Å². The Labute approximate surface area is 164 Å². The number of hydrogen-bond acceptors (Lipinski definition) is 3. The van der Waals surface area contributed by atoms with E-state index in [2.05, 4.69) is 15.3 Å². The van der Waals surface area contributed by atoms with Crippen LogP contribution in [-0.4, -0.2) is 39.8 Å². The first-order valence-electron chi connectivity index (χ1n) is 9.66. The van der Waals surface area contributed by atoms with Crippen LogP contribution < -0.4 is 5.32 Å². The molecular formula is C22H24N4O2. The Morgan fingerprint density at radius 3 is 2.71 bits per heavy atom. The maximum Gasteiger partial charge on any atom is 0.228 e. The van der Waals surface area contributed by atoms with Gasteiger partial charge in [-0.2, -0.15) is 0 Å². The average molecular weight is 376 g/mol. The number of aromatic nitrogens is 2. The van der Waals surface area contributed by atoms with Gasteiger partial charge in [-0.05, 0) is 43.0 Å². The van der Waals surface area contributed by atoms with Crippen LogP contribution in [0.3, 0.4) is 0 Å². The van der Waals surface area contributed by atoms with Crippen LogP contribution >= 0.6 is 0 Å². The zero-order valence-corrected chi connectivity index (χ0v) is 15.9. The first-order chi connectivity index (χ1) is 13.6. The number of fused-ring (bicyclic) bond motifs is 1. The lowest BCUT2D eigenvalue weighted by Gasteiger charge is -2.31. The van der Waals surface area contributed by atoms with E-state index in [-0.39, 0.29) is 17.7 Å². The first kappa shape index (κ1) is 18.2. The summed E-state index contributed by atoms with van der Waals surface area (Å²) in [7, 11) is 0. The third-order valence-electron chi connectivity index (χ3n) is 5.40. The smallest absolute Gasteiger partial charge is 0.228 e. The molecular weight excluding hydrogens is 352 g/mol. The topological polar surface area (TPSA) is 78.1 Å². The van der Waals surface area contributed by atoms with Crippen molar-refractivity contribution in [2.75, 3.05) is 18.4 Å². The number of likely N-dealkylation sites (tertiary alicyclic amines) is 1. The molecule has 3 aromatic rings. The lowest BCUT2D eigenvalue weighted by Crippen LogP contribution is -2.42. The van der Waals surface area contributed by atoms with Crippen molar-refractivity contribution < 1.29 is 9.59 Å². The van der Waals surface area contributed by atoms with Crippen molar-refractivity contribution in [2.24, 2.45) is 5.92 Å². The summed E-state index contributed by atoms with van der Waals surface area (Å²) in [5, 5.41) is 3.98. The number of piperidine rings is 1. The van der Waals surface area contributed by atoms with Gasteiger partial charge in [-0.25, -0.2) is 4.98 Å². The highest BCUT2D eigenvalue weighted by atomic mass is 16.2. The van der Waals surface area contributed by atoms with E-state index >= 15 is 0 Å². The van der Waals surface area contributed by atoms with Gasteiger partial charge in [0.25, 0.3) is 0 Å². The van der Waals surface area contributed by atoms with E-state index in [0.29, 0.717) is 38.2 Å². The lowest BCUT2D eigenvalue weighted by atomic mass is 9.95. The number of aromatic amines is 1.